The molecular formula is C22H21N3O5. The Morgan fingerprint density at radius 1 is 1.00 bits per heavy atom. The maximum Gasteiger partial charge on any atom is 0.269 e. The monoisotopic (exact) mass is 407 g/mol. The summed E-state index contributed by atoms with van der Waals surface area (Å²) in [6, 6.07) is 19.3. The van der Waals surface area contributed by atoms with Crippen molar-refractivity contribution in [1.82, 2.24) is 0 Å². The molecule has 0 unspecified atom stereocenters. The largest absolute Gasteiger partial charge is 0.493 e. The van der Waals surface area contributed by atoms with Crippen molar-refractivity contribution in [3.05, 3.63) is 88.0 Å². The van der Waals surface area contributed by atoms with Crippen LogP contribution in [-0.2, 0) is 6.61 Å². The Kier molecular flexibility index (Phi) is 6.83. The van der Waals surface area contributed by atoms with E-state index in [4.69, 9.17) is 14.2 Å². The molecule has 0 fully saturated rings. The summed E-state index contributed by atoms with van der Waals surface area (Å²) in [6.45, 7) is 0.378. The molecule has 0 aliphatic rings. The van der Waals surface area contributed by atoms with Gasteiger partial charge in [-0.25, -0.2) is 0 Å². The third-order valence-corrected chi connectivity index (χ3v) is 4.19. The Labute approximate surface area is 173 Å². The number of ether oxygens (including phenoxy) is 3. The third-order valence-electron chi connectivity index (χ3n) is 4.19. The highest BCUT2D eigenvalue weighted by Gasteiger charge is 2.14. The molecule has 3 aromatic rings. The molecule has 8 heteroatoms. The van der Waals surface area contributed by atoms with Crippen LogP contribution in [0.4, 0.5) is 11.4 Å². The second kappa shape index (κ2) is 9.92. The predicted octanol–water partition coefficient (Wildman–Crippen LogP) is 4.64. The molecule has 30 heavy (non-hydrogen) atoms. The third kappa shape index (κ3) is 5.26. The molecule has 0 bridgehead atoms. The van der Waals surface area contributed by atoms with Gasteiger partial charge in [-0.15, -0.1) is 0 Å². The molecule has 3 rings (SSSR count). The SMILES string of the molecule is COc1cc(/C=N/Nc2ccc([N+](=O)[O-])cc2)cc(OC)c1OCc1ccccc1. The molecule has 154 valence electrons. The van der Waals surface area contributed by atoms with Gasteiger partial charge in [-0.05, 0) is 29.8 Å². The predicted molar refractivity (Wildman–Crippen MR) is 115 cm³/mol. The molecule has 0 spiro atoms. The Bertz CT molecular complexity index is 996. The number of non-ortho nitro benzene ring substituents is 1. The van der Waals surface area contributed by atoms with E-state index < -0.39 is 4.92 Å². The summed E-state index contributed by atoms with van der Waals surface area (Å²) in [4.78, 5) is 10.3. The van der Waals surface area contributed by atoms with Gasteiger partial charge in [-0.2, -0.15) is 5.10 Å². The van der Waals surface area contributed by atoms with Crippen LogP contribution in [0, 0.1) is 10.1 Å². The van der Waals surface area contributed by atoms with Crippen LogP contribution in [-0.4, -0.2) is 25.4 Å². The zero-order chi connectivity index (χ0) is 21.3. The lowest BCUT2D eigenvalue weighted by Crippen LogP contribution is -2.01. The van der Waals surface area contributed by atoms with Gasteiger partial charge >= 0.3 is 0 Å². The lowest BCUT2D eigenvalue weighted by atomic mass is 10.2. The summed E-state index contributed by atoms with van der Waals surface area (Å²) in [5, 5.41) is 14.9. The molecule has 0 heterocycles. The fraction of sp³-hybridized carbons (Fsp3) is 0.136. The van der Waals surface area contributed by atoms with Crippen LogP contribution in [0.5, 0.6) is 17.2 Å². The molecule has 0 amide bonds. The maximum absolute atomic E-state index is 10.7. The van der Waals surface area contributed by atoms with Crippen LogP contribution >= 0.6 is 0 Å². The highest BCUT2D eigenvalue weighted by Crippen LogP contribution is 2.38. The lowest BCUT2D eigenvalue weighted by molar-refractivity contribution is -0.384. The summed E-state index contributed by atoms with van der Waals surface area (Å²) in [5.41, 5.74) is 5.23. The first kappa shape index (κ1) is 20.7. The molecule has 1 N–H and O–H groups in total. The topological polar surface area (TPSA) is 95.2 Å². The van der Waals surface area contributed by atoms with Gasteiger partial charge in [0, 0.05) is 17.7 Å². The summed E-state index contributed by atoms with van der Waals surface area (Å²) < 4.78 is 16.9. The van der Waals surface area contributed by atoms with Gasteiger partial charge in [0.1, 0.15) is 6.61 Å². The van der Waals surface area contributed by atoms with E-state index in [1.807, 2.05) is 30.3 Å². The zero-order valence-corrected chi connectivity index (χ0v) is 16.6. The van der Waals surface area contributed by atoms with Gasteiger partial charge in [0.15, 0.2) is 11.5 Å². The van der Waals surface area contributed by atoms with Crippen molar-refractivity contribution >= 4 is 17.6 Å². The number of methoxy groups -OCH3 is 2. The quantitative estimate of drug-likeness (QED) is 0.315. The van der Waals surface area contributed by atoms with Gasteiger partial charge in [0.25, 0.3) is 5.69 Å². The van der Waals surface area contributed by atoms with Gasteiger partial charge in [-0.3, -0.25) is 15.5 Å². The highest BCUT2D eigenvalue weighted by molar-refractivity contribution is 5.83. The highest BCUT2D eigenvalue weighted by atomic mass is 16.6. The van der Waals surface area contributed by atoms with Crippen LogP contribution in [0.1, 0.15) is 11.1 Å². The summed E-state index contributed by atoms with van der Waals surface area (Å²) in [5.74, 6) is 1.54. The van der Waals surface area contributed by atoms with Gasteiger partial charge in [-0.1, -0.05) is 30.3 Å². The van der Waals surface area contributed by atoms with E-state index >= 15 is 0 Å². The normalized spacial score (nSPS) is 10.6. The first-order valence-electron chi connectivity index (χ1n) is 9.07. The molecule has 0 radical (unpaired) electrons. The van der Waals surface area contributed by atoms with Crippen molar-refractivity contribution in [2.45, 2.75) is 6.61 Å². The molecule has 0 saturated carbocycles. The van der Waals surface area contributed by atoms with Crippen molar-refractivity contribution in [3.8, 4) is 17.2 Å². The summed E-state index contributed by atoms with van der Waals surface area (Å²) in [7, 11) is 3.11. The van der Waals surface area contributed by atoms with Gasteiger partial charge in [0.05, 0.1) is 31.0 Å². The molecular weight excluding hydrogens is 386 g/mol. The minimum Gasteiger partial charge on any atom is -0.493 e. The number of nitro groups is 1. The maximum atomic E-state index is 10.7. The zero-order valence-electron chi connectivity index (χ0n) is 16.6. The van der Waals surface area contributed by atoms with Crippen LogP contribution in [0.15, 0.2) is 71.8 Å². The van der Waals surface area contributed by atoms with E-state index in [1.54, 1.807) is 44.7 Å². The van der Waals surface area contributed by atoms with E-state index in [9.17, 15) is 10.1 Å². The van der Waals surface area contributed by atoms with Crippen molar-refractivity contribution in [3.63, 3.8) is 0 Å². The van der Waals surface area contributed by atoms with Crippen molar-refractivity contribution in [1.29, 1.82) is 0 Å². The molecule has 0 aromatic heterocycles. The number of nitrogens with one attached hydrogen (secondary N) is 1. The minimum atomic E-state index is -0.451. The summed E-state index contributed by atoms with van der Waals surface area (Å²) in [6.07, 6.45) is 1.59. The Morgan fingerprint density at radius 2 is 1.63 bits per heavy atom. The smallest absolute Gasteiger partial charge is 0.269 e. The average molecular weight is 407 g/mol. The first-order valence-corrected chi connectivity index (χ1v) is 9.07. The van der Waals surface area contributed by atoms with Crippen LogP contribution in [0.3, 0.4) is 0 Å². The lowest BCUT2D eigenvalue weighted by Gasteiger charge is -2.15. The second-order valence-electron chi connectivity index (χ2n) is 6.20. The Balaban J connectivity index is 1.73. The van der Waals surface area contributed by atoms with Crippen LogP contribution < -0.4 is 19.6 Å². The van der Waals surface area contributed by atoms with E-state index in [0.717, 1.165) is 11.1 Å². The number of hydrazone groups is 1. The van der Waals surface area contributed by atoms with E-state index in [1.165, 1.54) is 12.1 Å². The second-order valence-corrected chi connectivity index (χ2v) is 6.20. The fourth-order valence-corrected chi connectivity index (χ4v) is 2.69. The van der Waals surface area contributed by atoms with Gasteiger partial charge in [0.2, 0.25) is 5.75 Å². The Morgan fingerprint density at radius 3 is 2.20 bits per heavy atom. The van der Waals surface area contributed by atoms with Gasteiger partial charge < -0.3 is 14.2 Å². The Hall–Kier alpha value is -4.07. The van der Waals surface area contributed by atoms with E-state index in [2.05, 4.69) is 10.5 Å². The standard InChI is InChI=1S/C22H21N3O5/c1-28-20-12-17(14-23-24-18-8-10-19(11-9-18)25(26)27)13-21(29-2)22(20)30-15-16-6-4-3-5-7-16/h3-14,24H,15H2,1-2H3/b23-14+. The first-order chi connectivity index (χ1) is 14.6. The molecule has 0 aliphatic heterocycles. The number of rotatable bonds is 9. The van der Waals surface area contributed by atoms with Crippen LogP contribution in [0.2, 0.25) is 0 Å². The molecule has 3 aromatic carbocycles. The molecule has 0 saturated heterocycles. The number of benzene rings is 3. The van der Waals surface area contributed by atoms with Crippen molar-refractivity contribution < 1.29 is 19.1 Å². The number of nitrogens with zero attached hydrogens (tertiary/aromatic N) is 2. The molecule has 0 atom stereocenters. The number of anilines is 1. The number of hydrogen-bond donors (Lipinski definition) is 1. The van der Waals surface area contributed by atoms with E-state index in [-0.39, 0.29) is 5.69 Å². The molecule has 0 aliphatic carbocycles. The van der Waals surface area contributed by atoms with Crippen LogP contribution in [0.25, 0.3) is 0 Å². The van der Waals surface area contributed by atoms with E-state index in [0.29, 0.717) is 29.5 Å². The average Bonchev–Trinajstić information content (AvgIpc) is 2.78. The summed E-state index contributed by atoms with van der Waals surface area (Å²) >= 11 is 0. The minimum absolute atomic E-state index is 0.0186. The van der Waals surface area contributed by atoms with Crippen molar-refractivity contribution in [2.24, 2.45) is 5.10 Å². The fourth-order valence-electron chi connectivity index (χ4n) is 2.69. The number of nitro benzene ring substituents is 1. The number of hydrogen-bond acceptors (Lipinski definition) is 7. The van der Waals surface area contributed by atoms with Crippen molar-refractivity contribution in [2.75, 3.05) is 19.6 Å². The molecule has 8 nitrogen and oxygen atoms in total.